The van der Waals surface area contributed by atoms with E-state index in [-0.39, 0.29) is 37.5 Å². The van der Waals surface area contributed by atoms with Crippen LogP contribution in [0.5, 0.6) is 0 Å². The van der Waals surface area contributed by atoms with Gasteiger partial charge in [-0.1, -0.05) is 196 Å². The Balaban J connectivity index is 4.48. The molecule has 0 saturated heterocycles. The molecular formula is C55H92O6. The third-order valence-corrected chi connectivity index (χ3v) is 10.4. The zero-order valence-electron chi connectivity index (χ0n) is 39.7. The molecule has 6 heteroatoms. The average Bonchev–Trinajstić information content (AvgIpc) is 3.26. The number of carbonyl (C=O) groups excluding carboxylic acids is 3. The highest BCUT2D eigenvalue weighted by atomic mass is 16.6. The third kappa shape index (κ3) is 47.5. The van der Waals surface area contributed by atoms with Gasteiger partial charge in [-0.3, -0.25) is 14.4 Å². The van der Waals surface area contributed by atoms with Crippen molar-refractivity contribution < 1.29 is 28.6 Å². The summed E-state index contributed by atoms with van der Waals surface area (Å²) in [6.45, 7) is 6.42. The van der Waals surface area contributed by atoms with Gasteiger partial charge in [0.05, 0.1) is 0 Å². The van der Waals surface area contributed by atoms with Crippen LogP contribution in [0.1, 0.15) is 226 Å². The van der Waals surface area contributed by atoms with Crippen molar-refractivity contribution in [3.05, 3.63) is 85.1 Å². The van der Waals surface area contributed by atoms with Crippen molar-refractivity contribution in [2.75, 3.05) is 13.2 Å². The topological polar surface area (TPSA) is 78.9 Å². The molecule has 0 radical (unpaired) electrons. The van der Waals surface area contributed by atoms with Crippen molar-refractivity contribution in [1.29, 1.82) is 0 Å². The molecule has 0 aliphatic carbocycles. The third-order valence-electron chi connectivity index (χ3n) is 10.4. The summed E-state index contributed by atoms with van der Waals surface area (Å²) in [6, 6.07) is 0. The fourth-order valence-corrected chi connectivity index (χ4v) is 6.61. The second-order valence-electron chi connectivity index (χ2n) is 16.3. The Morgan fingerprint density at radius 1 is 0.344 bits per heavy atom. The lowest BCUT2D eigenvalue weighted by atomic mass is 10.1. The van der Waals surface area contributed by atoms with Crippen LogP contribution in [0.15, 0.2) is 85.1 Å². The van der Waals surface area contributed by atoms with Crippen LogP contribution in [-0.2, 0) is 28.6 Å². The molecule has 0 fully saturated rings. The van der Waals surface area contributed by atoms with Crippen LogP contribution in [0.4, 0.5) is 0 Å². The average molecular weight is 849 g/mol. The number of hydrogen-bond donors (Lipinski definition) is 0. The largest absolute Gasteiger partial charge is 0.462 e. The maximum atomic E-state index is 12.8. The lowest BCUT2D eigenvalue weighted by molar-refractivity contribution is -0.167. The van der Waals surface area contributed by atoms with E-state index in [9.17, 15) is 14.4 Å². The van der Waals surface area contributed by atoms with Crippen LogP contribution in [0.3, 0.4) is 0 Å². The Bertz CT molecular complexity index is 1200. The normalized spacial score (nSPS) is 12.8. The molecule has 61 heavy (non-hydrogen) atoms. The first-order chi connectivity index (χ1) is 30.0. The second kappa shape index (κ2) is 49.2. The molecule has 1 atom stereocenters. The molecule has 0 aliphatic rings. The zero-order chi connectivity index (χ0) is 44.4. The molecule has 0 spiro atoms. The van der Waals surface area contributed by atoms with Gasteiger partial charge in [-0.05, 0) is 96.3 Å². The van der Waals surface area contributed by atoms with Crippen LogP contribution < -0.4 is 0 Å². The van der Waals surface area contributed by atoms with Crippen molar-refractivity contribution in [1.82, 2.24) is 0 Å². The molecule has 0 amide bonds. The summed E-state index contributed by atoms with van der Waals surface area (Å²) in [5.74, 6) is -0.967. The predicted molar refractivity (Wildman–Crippen MR) is 261 cm³/mol. The summed E-state index contributed by atoms with van der Waals surface area (Å²) in [4.78, 5) is 37.9. The van der Waals surface area contributed by atoms with Gasteiger partial charge in [0, 0.05) is 19.3 Å². The van der Waals surface area contributed by atoms with Crippen LogP contribution in [0.2, 0.25) is 0 Å². The molecule has 348 valence electrons. The Kier molecular flexibility index (Phi) is 46.5. The Morgan fingerprint density at radius 2 is 0.639 bits per heavy atom. The summed E-state index contributed by atoms with van der Waals surface area (Å²) >= 11 is 0. The van der Waals surface area contributed by atoms with E-state index in [0.29, 0.717) is 19.3 Å². The van der Waals surface area contributed by atoms with Gasteiger partial charge in [0.1, 0.15) is 13.2 Å². The number of hydrogen-bond acceptors (Lipinski definition) is 6. The van der Waals surface area contributed by atoms with Gasteiger partial charge in [0.25, 0.3) is 0 Å². The van der Waals surface area contributed by atoms with Gasteiger partial charge in [-0.15, -0.1) is 0 Å². The minimum absolute atomic E-state index is 0.0999. The van der Waals surface area contributed by atoms with Crippen LogP contribution >= 0.6 is 0 Å². The fourth-order valence-electron chi connectivity index (χ4n) is 6.61. The molecular weight excluding hydrogens is 757 g/mol. The summed E-state index contributed by atoms with van der Waals surface area (Å²) in [7, 11) is 0. The van der Waals surface area contributed by atoms with E-state index in [1.165, 1.54) is 77.0 Å². The predicted octanol–water partition coefficient (Wildman–Crippen LogP) is 16.4. The maximum Gasteiger partial charge on any atom is 0.306 e. The quantitative estimate of drug-likeness (QED) is 0.0263. The van der Waals surface area contributed by atoms with Crippen LogP contribution in [-0.4, -0.2) is 37.2 Å². The molecule has 0 heterocycles. The van der Waals surface area contributed by atoms with E-state index in [0.717, 1.165) is 103 Å². The Hall–Kier alpha value is -3.41. The molecule has 0 aromatic rings. The Morgan fingerprint density at radius 3 is 1.07 bits per heavy atom. The van der Waals surface area contributed by atoms with Crippen molar-refractivity contribution in [2.24, 2.45) is 0 Å². The molecule has 6 nitrogen and oxygen atoms in total. The monoisotopic (exact) mass is 849 g/mol. The van der Waals surface area contributed by atoms with Gasteiger partial charge in [0.15, 0.2) is 6.10 Å². The van der Waals surface area contributed by atoms with E-state index in [4.69, 9.17) is 14.2 Å². The highest BCUT2D eigenvalue weighted by molar-refractivity contribution is 5.71. The van der Waals surface area contributed by atoms with E-state index in [1.807, 2.05) is 0 Å². The summed E-state index contributed by atoms with van der Waals surface area (Å²) in [5, 5.41) is 0. The van der Waals surface area contributed by atoms with Crippen molar-refractivity contribution in [3.8, 4) is 0 Å². The van der Waals surface area contributed by atoms with Crippen molar-refractivity contribution >= 4 is 17.9 Å². The van der Waals surface area contributed by atoms with E-state index in [2.05, 4.69) is 106 Å². The van der Waals surface area contributed by atoms with E-state index >= 15 is 0 Å². The molecule has 0 aliphatic heterocycles. The van der Waals surface area contributed by atoms with Crippen LogP contribution in [0.25, 0.3) is 0 Å². The maximum absolute atomic E-state index is 12.8. The SMILES string of the molecule is CC/C=C\C/C=C\C/C=C\C/C=C\CCCCC(=O)O[C@H](COC(=O)CCCCCC/C=C\C/C=C\C/C=C\CCCCC)COC(=O)CCCCCCCCCCCCC. The number of unbranched alkanes of at least 4 members (excludes halogenated alkanes) is 19. The number of esters is 3. The van der Waals surface area contributed by atoms with Gasteiger partial charge in [-0.25, -0.2) is 0 Å². The number of carbonyl (C=O) groups is 3. The number of ether oxygens (including phenoxy) is 3. The summed E-state index contributed by atoms with van der Waals surface area (Å²) < 4.78 is 16.7. The first-order valence-corrected chi connectivity index (χ1v) is 25.1. The van der Waals surface area contributed by atoms with Gasteiger partial charge < -0.3 is 14.2 Å². The van der Waals surface area contributed by atoms with E-state index < -0.39 is 6.10 Å². The van der Waals surface area contributed by atoms with Gasteiger partial charge in [-0.2, -0.15) is 0 Å². The highest BCUT2D eigenvalue weighted by Crippen LogP contribution is 2.13. The molecule has 0 bridgehead atoms. The molecule has 0 aromatic carbocycles. The van der Waals surface area contributed by atoms with Gasteiger partial charge in [0.2, 0.25) is 0 Å². The molecule has 0 aromatic heterocycles. The van der Waals surface area contributed by atoms with Crippen molar-refractivity contribution in [2.45, 2.75) is 232 Å². The van der Waals surface area contributed by atoms with Crippen molar-refractivity contribution in [3.63, 3.8) is 0 Å². The lowest BCUT2D eigenvalue weighted by Gasteiger charge is -2.18. The van der Waals surface area contributed by atoms with Gasteiger partial charge >= 0.3 is 17.9 Å². The number of rotatable bonds is 44. The molecule has 0 rings (SSSR count). The minimum atomic E-state index is -0.805. The highest BCUT2D eigenvalue weighted by Gasteiger charge is 2.19. The zero-order valence-corrected chi connectivity index (χ0v) is 39.7. The first-order valence-electron chi connectivity index (χ1n) is 25.1. The minimum Gasteiger partial charge on any atom is -0.462 e. The summed E-state index contributed by atoms with van der Waals surface area (Å²) in [5.41, 5.74) is 0. The second-order valence-corrected chi connectivity index (χ2v) is 16.3. The fraction of sp³-hybridized carbons (Fsp3) is 0.691. The standard InChI is InChI=1S/C55H92O6/c1-4-7-10-13-16-19-22-24-26-27-29-30-33-36-39-42-45-48-54(57)60-51-52(50-59-53(56)47-44-41-38-35-32-21-18-15-12-9-6-3)61-55(58)49-46-43-40-37-34-31-28-25-23-20-17-14-11-8-5-2/h8,11,16-17,19-20,24-26,28-30,34,37,52H,4-7,9-10,12-15,18,21-23,27,31-33,35-36,38-51H2,1-3H3/b11-8-,19-16-,20-17-,26-24-,28-25-,30-29-,37-34-/t52-/m0/s1. The smallest absolute Gasteiger partial charge is 0.306 e. The summed E-state index contributed by atoms with van der Waals surface area (Å²) in [6.07, 6.45) is 62.8. The van der Waals surface area contributed by atoms with Crippen LogP contribution in [0, 0.1) is 0 Å². The molecule has 0 N–H and O–H groups in total. The molecule has 0 unspecified atom stereocenters. The number of allylic oxidation sites excluding steroid dienone is 14. The van der Waals surface area contributed by atoms with E-state index in [1.54, 1.807) is 0 Å². The Labute approximate surface area is 375 Å². The first kappa shape index (κ1) is 57.6. The lowest BCUT2D eigenvalue weighted by Crippen LogP contribution is -2.30. The molecule has 0 saturated carbocycles.